The van der Waals surface area contributed by atoms with Crippen molar-refractivity contribution in [2.24, 2.45) is 0 Å². The van der Waals surface area contributed by atoms with E-state index in [9.17, 15) is 4.79 Å². The van der Waals surface area contributed by atoms with E-state index < -0.39 is 0 Å². The minimum Gasteiger partial charge on any atom is -0.454 e. The number of fused-ring (bicyclic) bond motifs is 2. The third-order valence-corrected chi connectivity index (χ3v) is 5.09. The lowest BCUT2D eigenvalue weighted by molar-refractivity contribution is 0.174. The number of carbonyl (C=O) groups is 1. The summed E-state index contributed by atoms with van der Waals surface area (Å²) in [6.07, 6.45) is 6.33. The molecule has 0 atom stereocenters. The zero-order valence-electron chi connectivity index (χ0n) is 15.4. The summed E-state index contributed by atoms with van der Waals surface area (Å²) in [5.74, 6) is 1.34. The van der Waals surface area contributed by atoms with E-state index >= 15 is 0 Å². The lowest BCUT2D eigenvalue weighted by atomic mass is 10.0. The fourth-order valence-electron chi connectivity index (χ4n) is 3.61. The molecule has 0 fully saturated rings. The monoisotopic (exact) mass is 377 g/mol. The highest BCUT2D eigenvalue weighted by Crippen LogP contribution is 2.34. The molecule has 0 saturated carbocycles. The number of amides is 2. The Morgan fingerprint density at radius 2 is 2.14 bits per heavy atom. The largest absolute Gasteiger partial charge is 0.454 e. The molecule has 3 aromatic rings. The zero-order chi connectivity index (χ0) is 19.1. The van der Waals surface area contributed by atoms with Gasteiger partial charge in [-0.3, -0.25) is 0 Å². The zero-order valence-corrected chi connectivity index (χ0v) is 15.4. The number of aryl methyl sites for hydroxylation is 1. The Hall–Kier alpha value is -3.55. The van der Waals surface area contributed by atoms with Crippen molar-refractivity contribution in [1.29, 1.82) is 0 Å². The second-order valence-electron chi connectivity index (χ2n) is 6.84. The molecule has 5 rings (SSSR count). The summed E-state index contributed by atoms with van der Waals surface area (Å²) in [6, 6.07) is 5.24. The summed E-state index contributed by atoms with van der Waals surface area (Å²) < 4.78 is 10.7. The van der Waals surface area contributed by atoms with Gasteiger partial charge in [0.2, 0.25) is 6.79 Å². The van der Waals surface area contributed by atoms with Crippen LogP contribution in [0.3, 0.4) is 0 Å². The van der Waals surface area contributed by atoms with Gasteiger partial charge in [-0.05, 0) is 36.6 Å². The van der Waals surface area contributed by atoms with Crippen LogP contribution >= 0.6 is 0 Å². The molecule has 1 aromatic carbocycles. The van der Waals surface area contributed by atoms with E-state index in [0.717, 1.165) is 34.3 Å². The fourth-order valence-corrected chi connectivity index (χ4v) is 3.61. The first kappa shape index (κ1) is 16.6. The molecule has 28 heavy (non-hydrogen) atoms. The van der Waals surface area contributed by atoms with E-state index in [4.69, 9.17) is 9.47 Å². The van der Waals surface area contributed by atoms with E-state index in [1.807, 2.05) is 19.2 Å². The lowest BCUT2D eigenvalue weighted by Crippen LogP contribution is -2.37. The Bertz CT molecular complexity index is 1100. The van der Waals surface area contributed by atoms with Crippen molar-refractivity contribution in [3.8, 4) is 11.5 Å². The molecule has 142 valence electrons. The molecule has 8 heteroatoms. The van der Waals surface area contributed by atoms with E-state index in [1.54, 1.807) is 23.4 Å². The molecule has 8 nitrogen and oxygen atoms in total. The predicted octanol–water partition coefficient (Wildman–Crippen LogP) is 3.32. The van der Waals surface area contributed by atoms with Crippen molar-refractivity contribution in [3.63, 3.8) is 0 Å². The number of ether oxygens (including phenoxy) is 2. The van der Waals surface area contributed by atoms with E-state index in [2.05, 4.69) is 26.3 Å². The third-order valence-electron chi connectivity index (χ3n) is 5.09. The number of hydrogen-bond acceptors (Lipinski definition) is 5. The maximum atomic E-state index is 12.6. The third kappa shape index (κ3) is 2.83. The number of hydrogen-bond donors (Lipinski definition) is 2. The number of carbonyl (C=O) groups excluding carboxylic acids is 1. The summed E-state index contributed by atoms with van der Waals surface area (Å²) >= 11 is 0. The molecule has 2 aromatic heterocycles. The second-order valence-corrected chi connectivity index (χ2v) is 6.84. The quantitative estimate of drug-likeness (QED) is 0.715. The van der Waals surface area contributed by atoms with Crippen molar-refractivity contribution in [3.05, 3.63) is 48.1 Å². The first-order valence-electron chi connectivity index (χ1n) is 9.13. The number of nitrogens with one attached hydrogen (secondary N) is 2. The molecule has 0 bridgehead atoms. The fraction of sp³-hybridized carbons (Fsp3) is 0.250. The molecule has 0 unspecified atom stereocenters. The van der Waals surface area contributed by atoms with Gasteiger partial charge < -0.3 is 24.7 Å². The highest BCUT2D eigenvalue weighted by Gasteiger charge is 2.21. The molecular weight excluding hydrogens is 358 g/mol. The van der Waals surface area contributed by atoms with Crippen molar-refractivity contribution in [2.75, 3.05) is 25.2 Å². The highest BCUT2D eigenvalue weighted by atomic mass is 16.7. The van der Waals surface area contributed by atoms with Crippen molar-refractivity contribution in [1.82, 2.24) is 19.9 Å². The number of rotatable bonds is 2. The topological polar surface area (TPSA) is 92.4 Å². The molecule has 2 N–H and O–H groups in total. The van der Waals surface area contributed by atoms with Crippen LogP contribution in [0.4, 0.5) is 10.5 Å². The van der Waals surface area contributed by atoms with Gasteiger partial charge in [-0.15, -0.1) is 0 Å². The van der Waals surface area contributed by atoms with Gasteiger partial charge in [0.25, 0.3) is 0 Å². The van der Waals surface area contributed by atoms with Gasteiger partial charge in [0.1, 0.15) is 12.0 Å². The number of urea groups is 1. The number of anilines is 1. The van der Waals surface area contributed by atoms with Gasteiger partial charge in [0.05, 0.1) is 5.69 Å². The van der Waals surface area contributed by atoms with Crippen molar-refractivity contribution in [2.45, 2.75) is 13.3 Å². The van der Waals surface area contributed by atoms with Gasteiger partial charge in [-0.2, -0.15) is 0 Å². The van der Waals surface area contributed by atoms with Gasteiger partial charge in [-0.25, -0.2) is 14.8 Å². The first-order chi connectivity index (χ1) is 13.7. The molecule has 0 spiro atoms. The number of aromatic amines is 1. The number of H-pyrrole nitrogens is 1. The lowest BCUT2D eigenvalue weighted by Gasteiger charge is -2.26. The van der Waals surface area contributed by atoms with E-state index in [1.165, 1.54) is 0 Å². The molecule has 4 heterocycles. The number of aromatic nitrogens is 3. The predicted molar refractivity (Wildman–Crippen MR) is 104 cm³/mol. The summed E-state index contributed by atoms with van der Waals surface area (Å²) in [5, 5.41) is 3.97. The highest BCUT2D eigenvalue weighted by molar-refractivity contribution is 5.93. The first-order valence-corrected chi connectivity index (χ1v) is 9.13. The second kappa shape index (κ2) is 6.56. The van der Waals surface area contributed by atoms with Gasteiger partial charge in [0, 0.05) is 36.4 Å². The molecular formula is C20H19N5O3. The Morgan fingerprint density at radius 3 is 3.00 bits per heavy atom. The van der Waals surface area contributed by atoms with Crippen LogP contribution in [0.1, 0.15) is 17.7 Å². The van der Waals surface area contributed by atoms with E-state index in [0.29, 0.717) is 30.3 Å². The maximum absolute atomic E-state index is 12.6. The summed E-state index contributed by atoms with van der Waals surface area (Å²) in [5.41, 5.74) is 4.73. The van der Waals surface area contributed by atoms with Crippen LogP contribution in [0.5, 0.6) is 11.5 Å². The minimum absolute atomic E-state index is 0.139. The molecule has 2 aliphatic rings. The Morgan fingerprint density at radius 1 is 1.25 bits per heavy atom. The van der Waals surface area contributed by atoms with Crippen LogP contribution in [-0.4, -0.2) is 45.8 Å². The standard InChI is InChI=1S/C20H19N5O3/c1-12-9-21-19-17(12)18(22-10-23-19)13-4-6-25(7-5-13)20(26)24-14-2-3-15-16(8-14)28-11-27-15/h2-4,8-10H,5-7,11H2,1H3,(H,24,26)(H,21,22,23). The average molecular weight is 377 g/mol. The Kier molecular flexibility index (Phi) is 3.89. The van der Waals surface area contributed by atoms with Crippen LogP contribution < -0.4 is 14.8 Å². The summed E-state index contributed by atoms with van der Waals surface area (Å²) in [6.45, 7) is 3.40. The molecule has 0 radical (unpaired) electrons. The molecule has 0 aliphatic carbocycles. The van der Waals surface area contributed by atoms with Crippen molar-refractivity contribution >= 4 is 28.3 Å². The smallest absolute Gasteiger partial charge is 0.322 e. The Balaban J connectivity index is 1.31. The number of benzene rings is 1. The van der Waals surface area contributed by atoms with Gasteiger partial charge >= 0.3 is 6.03 Å². The van der Waals surface area contributed by atoms with Crippen LogP contribution in [0, 0.1) is 6.92 Å². The van der Waals surface area contributed by atoms with Gasteiger partial charge in [0.15, 0.2) is 11.5 Å². The SMILES string of the molecule is Cc1c[nH]c2ncnc(C3=CCN(C(=O)Nc4ccc5c(c4)OCO5)CC3)c12. The van der Waals surface area contributed by atoms with Crippen LogP contribution in [0.15, 0.2) is 36.8 Å². The van der Waals surface area contributed by atoms with Crippen LogP contribution in [0.2, 0.25) is 0 Å². The average Bonchev–Trinajstić information content (AvgIpc) is 3.34. The normalized spacial score (nSPS) is 15.6. The molecule has 0 saturated heterocycles. The molecule has 2 aliphatic heterocycles. The summed E-state index contributed by atoms with van der Waals surface area (Å²) in [7, 11) is 0. The number of nitrogens with zero attached hydrogens (tertiary/aromatic N) is 3. The molecule has 2 amide bonds. The van der Waals surface area contributed by atoms with Crippen LogP contribution in [0.25, 0.3) is 16.6 Å². The van der Waals surface area contributed by atoms with Gasteiger partial charge in [-0.1, -0.05) is 6.08 Å². The minimum atomic E-state index is -0.139. The summed E-state index contributed by atoms with van der Waals surface area (Å²) in [4.78, 5) is 26.3. The maximum Gasteiger partial charge on any atom is 0.322 e. The Labute approximate surface area is 161 Å². The van der Waals surface area contributed by atoms with E-state index in [-0.39, 0.29) is 12.8 Å². The van der Waals surface area contributed by atoms with Crippen molar-refractivity contribution < 1.29 is 14.3 Å². The van der Waals surface area contributed by atoms with Crippen LogP contribution in [-0.2, 0) is 0 Å².